The van der Waals surface area contributed by atoms with Gasteiger partial charge in [0.25, 0.3) is 11.8 Å². The molecule has 0 spiro atoms. The number of alkyl carbamates (subject to hydrolysis) is 1. The van der Waals surface area contributed by atoms with Crippen LogP contribution in [0.25, 0.3) is 0 Å². The molecule has 12 N–H and O–H groups in total. The number of amides is 5. The first-order valence-electron chi connectivity index (χ1n) is 28.1. The van der Waals surface area contributed by atoms with Crippen molar-refractivity contribution in [3.05, 3.63) is 85.2 Å². The Labute approximate surface area is 495 Å². The molecule has 4 fully saturated rings. The topological polar surface area (TPSA) is 383 Å². The normalized spacial score (nSPS) is 20.1. The molecule has 5 amide bonds. The van der Waals surface area contributed by atoms with E-state index in [-0.39, 0.29) is 70.8 Å². The molecule has 454 valence electrons. The van der Waals surface area contributed by atoms with Gasteiger partial charge >= 0.3 is 12.1 Å². The van der Waals surface area contributed by atoms with E-state index in [1.165, 1.54) is 6.20 Å². The summed E-state index contributed by atoms with van der Waals surface area (Å²) in [5.74, 6) is 2.02. The van der Waals surface area contributed by atoms with Crippen molar-refractivity contribution in [1.82, 2.24) is 74.8 Å². The van der Waals surface area contributed by atoms with Crippen molar-refractivity contribution in [2.24, 2.45) is 38.3 Å². The third kappa shape index (κ3) is 16.0. The minimum Gasteiger partial charge on any atom is -0.416 e. The number of nitrogens with two attached hydrogens (primary N) is 3. The fourth-order valence-electron chi connectivity index (χ4n) is 10.3. The Hall–Kier alpha value is -9.05. The molecular formula is C54H78N25O5P. The molecule has 10 rings (SSSR count). The lowest BCUT2D eigenvalue weighted by molar-refractivity contribution is 0.0987. The summed E-state index contributed by atoms with van der Waals surface area (Å²) in [6.07, 6.45) is 22.2. The van der Waals surface area contributed by atoms with Gasteiger partial charge in [0.1, 0.15) is 23.1 Å². The Morgan fingerprint density at radius 2 is 1.01 bits per heavy atom. The predicted octanol–water partition coefficient (Wildman–Crippen LogP) is 4.35. The lowest BCUT2D eigenvalue weighted by Gasteiger charge is -2.40. The Bertz CT molecular complexity index is 3360. The highest BCUT2D eigenvalue weighted by atomic mass is 31.0. The Kier molecular flexibility index (Phi) is 20.1. The first-order chi connectivity index (χ1) is 40.5. The Balaban J connectivity index is 0.000000167. The monoisotopic (exact) mass is 1190 g/mol. The third-order valence-corrected chi connectivity index (χ3v) is 15.4. The minimum atomic E-state index is -0.686. The van der Waals surface area contributed by atoms with Crippen LogP contribution in [0.4, 0.5) is 61.6 Å². The summed E-state index contributed by atoms with van der Waals surface area (Å²) in [6, 6.07) is 0.476. The SMILES string of the molecule is C=C(C)OC(=O)N[C@@H]1CCCN(c2cnc(C(N)=O)c(Nc3cnn(C)c3)n2)[C@@H]1C.C[C@@H]1[C@H](N)CCCN1c1cnc(C(=N)P)c(Nc2cnn(C)c2)n1.C[C@@H]1[C@H](NC(=O)N(C)C2CC2)CCCN1c1cnc(C(N)=O)c(Nc2cnn(C)c2)n1. The maximum absolute atomic E-state index is 12.6. The van der Waals surface area contributed by atoms with Crippen molar-refractivity contribution >= 4 is 90.6 Å². The molecule has 6 aromatic rings. The molecule has 1 saturated carbocycles. The zero-order chi connectivity index (χ0) is 61.2. The number of primary amides is 2. The number of hydrogen-bond acceptors (Lipinski definition) is 22. The molecule has 3 saturated heterocycles. The quantitative estimate of drug-likeness (QED) is 0.0369. The van der Waals surface area contributed by atoms with E-state index in [4.69, 9.17) is 32.3 Å². The summed E-state index contributed by atoms with van der Waals surface area (Å²) >= 11 is 0. The van der Waals surface area contributed by atoms with Crippen LogP contribution < -0.4 is 58.5 Å². The van der Waals surface area contributed by atoms with Crippen molar-refractivity contribution in [2.75, 3.05) is 57.3 Å². The molecule has 9 heterocycles. The Morgan fingerprint density at radius 3 is 1.39 bits per heavy atom. The number of ether oxygens (including phenoxy) is 1. The van der Waals surface area contributed by atoms with E-state index in [2.05, 4.69) is 106 Å². The summed E-state index contributed by atoms with van der Waals surface area (Å²) < 4.78 is 9.98. The number of carbonyl (C=O) groups excluding carboxylic acids is 4. The van der Waals surface area contributed by atoms with Gasteiger partial charge < -0.3 is 68.1 Å². The molecule has 3 aliphatic heterocycles. The van der Waals surface area contributed by atoms with Crippen LogP contribution in [0.15, 0.2) is 68.1 Å². The average Bonchev–Trinajstić information content (AvgIpc) is 4.17. The maximum Gasteiger partial charge on any atom is 0.412 e. The van der Waals surface area contributed by atoms with Gasteiger partial charge in [0.15, 0.2) is 28.8 Å². The number of aryl methyl sites for hydroxylation is 3. The van der Waals surface area contributed by atoms with Crippen molar-refractivity contribution in [1.29, 1.82) is 5.41 Å². The van der Waals surface area contributed by atoms with Gasteiger partial charge in [-0.2, -0.15) is 15.3 Å². The molecule has 30 nitrogen and oxygen atoms in total. The molecule has 0 radical (unpaired) electrons. The van der Waals surface area contributed by atoms with Gasteiger partial charge in [-0.05, 0) is 79.1 Å². The van der Waals surface area contributed by atoms with E-state index in [9.17, 15) is 19.2 Å². The summed E-state index contributed by atoms with van der Waals surface area (Å²) in [4.78, 5) is 83.2. The van der Waals surface area contributed by atoms with Crippen LogP contribution in [0, 0.1) is 5.41 Å². The van der Waals surface area contributed by atoms with Crippen molar-refractivity contribution in [3.63, 3.8) is 0 Å². The highest BCUT2D eigenvalue weighted by Gasteiger charge is 2.36. The number of aromatic nitrogens is 12. The number of urea groups is 1. The largest absolute Gasteiger partial charge is 0.416 e. The van der Waals surface area contributed by atoms with Crippen LogP contribution in [0.5, 0.6) is 0 Å². The van der Waals surface area contributed by atoms with E-state index in [1.807, 2.05) is 32.1 Å². The molecule has 1 unspecified atom stereocenters. The van der Waals surface area contributed by atoms with E-state index < -0.39 is 17.9 Å². The molecule has 0 bridgehead atoms. The summed E-state index contributed by atoms with van der Waals surface area (Å²) in [6.45, 7) is 13.8. The average molecular weight is 1190 g/mol. The number of nitrogens with zero attached hydrogens (tertiary/aromatic N) is 16. The molecule has 4 aliphatic rings. The molecule has 6 aromatic heterocycles. The van der Waals surface area contributed by atoms with Crippen LogP contribution in [-0.4, -0.2) is 163 Å². The lowest BCUT2D eigenvalue weighted by atomic mass is 9.97. The molecular weight excluding hydrogens is 1110 g/mol. The van der Waals surface area contributed by atoms with Crippen LogP contribution >= 0.6 is 9.24 Å². The second-order valence-electron chi connectivity index (χ2n) is 21.6. The highest BCUT2D eigenvalue weighted by molar-refractivity contribution is 7.41. The van der Waals surface area contributed by atoms with E-state index >= 15 is 0 Å². The number of allylic oxidation sites excluding steroid dienone is 1. The molecule has 0 aromatic carbocycles. The second kappa shape index (κ2) is 27.6. The predicted molar refractivity (Wildman–Crippen MR) is 327 cm³/mol. The van der Waals surface area contributed by atoms with Crippen LogP contribution in [0.2, 0.25) is 0 Å². The summed E-state index contributed by atoms with van der Waals surface area (Å²) in [5.41, 5.74) is 20.2. The molecule has 1 aliphatic carbocycles. The van der Waals surface area contributed by atoms with Crippen LogP contribution in [0.1, 0.15) is 106 Å². The minimum absolute atomic E-state index is 0.00482. The van der Waals surface area contributed by atoms with Gasteiger partial charge in [-0.15, -0.1) is 0 Å². The highest BCUT2D eigenvalue weighted by Crippen LogP contribution is 2.31. The number of carbonyl (C=O) groups is 4. The number of piperidine rings is 3. The third-order valence-electron chi connectivity index (χ3n) is 15.1. The number of nitrogens with one attached hydrogen (secondary N) is 6. The van der Waals surface area contributed by atoms with Crippen molar-refractivity contribution in [3.8, 4) is 0 Å². The number of rotatable bonds is 16. The van der Waals surface area contributed by atoms with Gasteiger partial charge in [0.2, 0.25) is 0 Å². The number of anilines is 9. The maximum atomic E-state index is 12.6. The number of hydrogen-bond donors (Lipinski definition) is 9. The van der Waals surface area contributed by atoms with Gasteiger partial charge in [0, 0.05) is 96.6 Å². The standard InChI is InChI=1S/C20H29N9O2.C19H26N8O3.C15H23N8P/c1-12-15(25-20(31)28(3)14-6-7-14)5-4-8-29(12)16-10-22-17(18(21)30)19(26-16)24-13-9-23-27(2)11-13;1-11(2)30-19(29)24-14-6-5-7-27(12(14)3)15-9-21-16(17(20)28)18(25-15)23-13-8-22-26(4)10-13;1-9-11(16)4-3-5-23(9)12-7-18-13(14(17)24)15(21-12)20-10-6-19-22(2)8-10/h9-12,14-15H,4-8H2,1-3H3,(H2,21,30)(H,24,26)(H,25,31);8-10,12,14H,1,5-7H2,2-4H3,(H2,20,28)(H,23,25)(H,24,29);6-9,11,17H,3-5,16,24H2,1-2H3,(H,20,21)/t12-,15-;12-,14-;9-,11-/m111/s1. The first kappa shape index (κ1) is 62.0. The molecule has 7 atom stereocenters. The van der Waals surface area contributed by atoms with Gasteiger partial charge in [-0.1, -0.05) is 15.8 Å². The summed E-state index contributed by atoms with van der Waals surface area (Å²) in [7, 11) is 9.64. The van der Waals surface area contributed by atoms with Gasteiger partial charge in [0.05, 0.1) is 77.5 Å². The van der Waals surface area contributed by atoms with Crippen LogP contribution in [0.3, 0.4) is 0 Å². The van der Waals surface area contributed by atoms with E-state index in [1.54, 1.807) is 83.3 Å². The zero-order valence-corrected chi connectivity index (χ0v) is 50.4. The Morgan fingerprint density at radius 1 is 0.624 bits per heavy atom. The zero-order valence-electron chi connectivity index (χ0n) is 49.2. The van der Waals surface area contributed by atoms with Crippen LogP contribution in [-0.2, 0) is 25.9 Å². The smallest absolute Gasteiger partial charge is 0.412 e. The van der Waals surface area contributed by atoms with Crippen molar-refractivity contribution < 1.29 is 23.9 Å². The van der Waals surface area contributed by atoms with Gasteiger partial charge in [-0.3, -0.25) is 29.0 Å². The van der Waals surface area contributed by atoms with E-state index in [0.717, 1.165) is 82.5 Å². The van der Waals surface area contributed by atoms with Gasteiger partial charge in [-0.25, -0.2) is 39.5 Å². The van der Waals surface area contributed by atoms with Crippen molar-refractivity contribution in [2.45, 2.75) is 121 Å². The lowest BCUT2D eigenvalue weighted by Crippen LogP contribution is -2.56. The fourth-order valence-corrected chi connectivity index (χ4v) is 10.5. The summed E-state index contributed by atoms with van der Waals surface area (Å²) in [5, 5.41) is 35.6. The second-order valence-corrected chi connectivity index (χ2v) is 22.2. The first-order valence-corrected chi connectivity index (χ1v) is 28.7. The fraction of sp³-hybridized carbons (Fsp3) is 0.481. The van der Waals surface area contributed by atoms with E-state index in [0.29, 0.717) is 46.3 Å². The molecule has 31 heteroatoms. The molecule has 85 heavy (non-hydrogen) atoms.